The third-order valence-electron chi connectivity index (χ3n) is 7.26. The SMILES string of the molecule is NCc1ccc(CNC(=O)N(CCc2ccccc2)C(=O)N(CCC2CCCCC2)CC(=O)O)cc1.O=C(O)C(F)(F)F.O=C(O)C(F)(F)F. The van der Waals surface area contributed by atoms with Crippen molar-refractivity contribution in [2.24, 2.45) is 11.7 Å². The van der Waals surface area contributed by atoms with Crippen LogP contribution < -0.4 is 11.1 Å². The molecule has 1 saturated carbocycles. The lowest BCUT2D eigenvalue weighted by Gasteiger charge is -2.30. The Bertz CT molecular complexity index is 1350. The Morgan fingerprint density at radius 2 is 1.24 bits per heavy atom. The Kier molecular flexibility index (Phi) is 18.4. The van der Waals surface area contributed by atoms with Gasteiger partial charge in [-0.3, -0.25) is 4.79 Å². The Labute approximate surface area is 283 Å². The van der Waals surface area contributed by atoms with Crippen LogP contribution in [0.2, 0.25) is 0 Å². The molecule has 4 amide bonds. The summed E-state index contributed by atoms with van der Waals surface area (Å²) in [5.41, 5.74) is 8.52. The van der Waals surface area contributed by atoms with Gasteiger partial charge in [-0.05, 0) is 35.4 Å². The summed E-state index contributed by atoms with van der Waals surface area (Å²) in [5, 5.41) is 26.5. The quantitative estimate of drug-likeness (QED) is 0.183. The number of alkyl halides is 6. The highest BCUT2D eigenvalue weighted by molar-refractivity contribution is 5.94. The molecule has 278 valence electrons. The fraction of sp³-hybridized carbons (Fsp3) is 0.469. The van der Waals surface area contributed by atoms with Gasteiger partial charge in [0.1, 0.15) is 6.54 Å². The number of hydrogen-bond donors (Lipinski definition) is 5. The molecule has 2 aromatic carbocycles. The van der Waals surface area contributed by atoms with E-state index in [9.17, 15) is 45.8 Å². The van der Waals surface area contributed by atoms with E-state index in [1.54, 1.807) is 0 Å². The number of halogens is 6. The van der Waals surface area contributed by atoms with E-state index in [4.69, 9.17) is 25.5 Å². The molecule has 0 spiro atoms. The smallest absolute Gasteiger partial charge is 0.480 e. The fourth-order valence-electron chi connectivity index (χ4n) is 4.63. The van der Waals surface area contributed by atoms with Gasteiger partial charge in [0.05, 0.1) is 0 Å². The van der Waals surface area contributed by atoms with Gasteiger partial charge < -0.3 is 31.3 Å². The summed E-state index contributed by atoms with van der Waals surface area (Å²) in [6.07, 6.45) is -3.14. The number of hydrogen-bond acceptors (Lipinski definition) is 6. The van der Waals surface area contributed by atoms with Crippen LogP contribution in [0, 0.1) is 5.92 Å². The summed E-state index contributed by atoms with van der Waals surface area (Å²) in [6, 6.07) is 16.1. The Morgan fingerprint density at radius 1 is 0.740 bits per heavy atom. The first-order valence-electron chi connectivity index (χ1n) is 15.3. The van der Waals surface area contributed by atoms with Crippen LogP contribution in [-0.4, -0.2) is 87.1 Å². The number of carbonyl (C=O) groups is 5. The van der Waals surface area contributed by atoms with Gasteiger partial charge >= 0.3 is 42.3 Å². The highest BCUT2D eigenvalue weighted by Gasteiger charge is 2.39. The second-order valence-electron chi connectivity index (χ2n) is 11.1. The van der Waals surface area contributed by atoms with Crippen molar-refractivity contribution in [2.75, 3.05) is 19.6 Å². The maximum Gasteiger partial charge on any atom is 0.490 e. The zero-order valence-electron chi connectivity index (χ0n) is 26.9. The molecule has 0 aliphatic heterocycles. The van der Waals surface area contributed by atoms with Crippen LogP contribution in [0.4, 0.5) is 35.9 Å². The van der Waals surface area contributed by atoms with Crippen molar-refractivity contribution in [3.05, 3.63) is 71.3 Å². The topological polar surface area (TPSA) is 191 Å². The molecular formula is C32H40F6N4O8. The molecule has 1 aliphatic carbocycles. The number of nitrogens with zero attached hydrogens (tertiary/aromatic N) is 2. The maximum atomic E-state index is 13.5. The van der Waals surface area contributed by atoms with Crippen LogP contribution in [0.5, 0.6) is 0 Å². The second kappa shape index (κ2) is 21.3. The van der Waals surface area contributed by atoms with Crippen molar-refractivity contribution in [1.29, 1.82) is 0 Å². The monoisotopic (exact) mass is 722 g/mol. The van der Waals surface area contributed by atoms with Gasteiger partial charge in [0, 0.05) is 26.2 Å². The second-order valence-corrected chi connectivity index (χ2v) is 11.1. The Balaban J connectivity index is 0.000000748. The molecule has 0 heterocycles. The van der Waals surface area contributed by atoms with Gasteiger partial charge in [0.15, 0.2) is 0 Å². The van der Waals surface area contributed by atoms with E-state index < -0.39 is 48.9 Å². The summed E-state index contributed by atoms with van der Waals surface area (Å²) >= 11 is 0. The lowest BCUT2D eigenvalue weighted by Crippen LogP contribution is -2.52. The van der Waals surface area contributed by atoms with E-state index in [0.29, 0.717) is 25.4 Å². The number of nitrogens with two attached hydrogens (primary N) is 1. The molecule has 0 saturated heterocycles. The van der Waals surface area contributed by atoms with Crippen molar-refractivity contribution in [3.63, 3.8) is 0 Å². The predicted octanol–water partition coefficient (Wildman–Crippen LogP) is 5.64. The molecule has 0 radical (unpaired) electrons. The number of nitrogens with one attached hydrogen (secondary N) is 1. The standard InChI is InChI=1S/C28H38N4O4.2C2HF3O2/c29-19-24-11-13-25(14-12-24)20-30-27(35)32(18-16-23-9-5-2-6-10-23)28(36)31(21-26(33)34)17-15-22-7-3-1-4-8-22;2*3-2(4,5)1(6)7/h2,5-6,9-14,22H,1,3-4,7-8,15-21,29H2,(H,30,35)(H,33,34);2*(H,6,7). The molecule has 6 N–H and O–H groups in total. The lowest BCUT2D eigenvalue weighted by atomic mass is 9.87. The summed E-state index contributed by atoms with van der Waals surface area (Å²) in [5.74, 6) is -6.11. The number of carboxylic acids is 3. The van der Waals surface area contributed by atoms with E-state index in [2.05, 4.69) is 5.32 Å². The van der Waals surface area contributed by atoms with Crippen molar-refractivity contribution in [2.45, 2.75) is 70.4 Å². The maximum absolute atomic E-state index is 13.5. The number of aliphatic carboxylic acids is 3. The first-order chi connectivity index (χ1) is 23.3. The molecule has 0 aromatic heterocycles. The van der Waals surface area contributed by atoms with Crippen LogP contribution in [0.1, 0.15) is 55.2 Å². The number of imide groups is 1. The first-order valence-corrected chi connectivity index (χ1v) is 15.3. The summed E-state index contributed by atoms with van der Waals surface area (Å²) < 4.78 is 63.5. The van der Waals surface area contributed by atoms with Gasteiger partial charge in [0.25, 0.3) is 0 Å². The normalized spacial score (nSPS) is 13.0. The fourth-order valence-corrected chi connectivity index (χ4v) is 4.63. The highest BCUT2D eigenvalue weighted by atomic mass is 19.4. The van der Waals surface area contributed by atoms with Crippen molar-refractivity contribution >= 4 is 30.0 Å². The molecule has 2 aromatic rings. The number of rotatable bonds is 11. The van der Waals surface area contributed by atoms with Crippen molar-refractivity contribution in [3.8, 4) is 0 Å². The van der Waals surface area contributed by atoms with Gasteiger partial charge in [-0.1, -0.05) is 86.7 Å². The third kappa shape index (κ3) is 17.5. The lowest BCUT2D eigenvalue weighted by molar-refractivity contribution is -0.193. The number of amides is 4. The molecule has 50 heavy (non-hydrogen) atoms. The molecule has 18 heteroatoms. The molecule has 0 unspecified atom stereocenters. The largest absolute Gasteiger partial charge is 0.490 e. The van der Waals surface area contributed by atoms with Gasteiger partial charge in [0.2, 0.25) is 0 Å². The van der Waals surface area contributed by atoms with Gasteiger partial charge in [-0.2, -0.15) is 26.3 Å². The minimum absolute atomic E-state index is 0.153. The van der Waals surface area contributed by atoms with Crippen LogP contribution in [0.3, 0.4) is 0 Å². The molecule has 1 fully saturated rings. The number of carbonyl (C=O) groups excluding carboxylic acids is 2. The minimum atomic E-state index is -5.08. The van der Waals surface area contributed by atoms with E-state index in [1.807, 2.05) is 54.6 Å². The van der Waals surface area contributed by atoms with Crippen LogP contribution in [-0.2, 0) is 33.9 Å². The molecule has 1 aliphatic rings. The summed E-state index contributed by atoms with van der Waals surface area (Å²) in [7, 11) is 0. The number of carboxylic acid groups (broad SMARTS) is 3. The van der Waals surface area contributed by atoms with Gasteiger partial charge in [-0.25, -0.2) is 24.1 Å². The predicted molar refractivity (Wildman–Crippen MR) is 167 cm³/mol. The highest BCUT2D eigenvalue weighted by Crippen LogP contribution is 2.26. The van der Waals surface area contributed by atoms with Crippen LogP contribution in [0.25, 0.3) is 0 Å². The Morgan fingerprint density at radius 3 is 1.70 bits per heavy atom. The molecule has 3 rings (SSSR count). The van der Waals surface area contributed by atoms with Crippen molar-refractivity contribution < 1.29 is 65.6 Å². The van der Waals surface area contributed by atoms with Crippen LogP contribution in [0.15, 0.2) is 54.6 Å². The summed E-state index contributed by atoms with van der Waals surface area (Å²) in [6.45, 7) is 0.738. The minimum Gasteiger partial charge on any atom is -0.480 e. The third-order valence-corrected chi connectivity index (χ3v) is 7.26. The molecular weight excluding hydrogens is 682 g/mol. The molecule has 12 nitrogen and oxygen atoms in total. The van der Waals surface area contributed by atoms with Crippen molar-refractivity contribution in [1.82, 2.24) is 15.1 Å². The van der Waals surface area contributed by atoms with E-state index in [0.717, 1.165) is 40.9 Å². The average Bonchev–Trinajstić information content (AvgIpc) is 3.06. The average molecular weight is 723 g/mol. The van der Waals surface area contributed by atoms with E-state index in [-0.39, 0.29) is 13.1 Å². The molecule has 0 bridgehead atoms. The Hall–Kier alpha value is -4.87. The van der Waals surface area contributed by atoms with Gasteiger partial charge in [-0.15, -0.1) is 0 Å². The number of urea groups is 2. The first kappa shape index (κ1) is 43.2. The zero-order chi connectivity index (χ0) is 37.9. The van der Waals surface area contributed by atoms with Crippen LogP contribution >= 0.6 is 0 Å². The zero-order valence-corrected chi connectivity index (χ0v) is 26.9. The number of benzene rings is 2. The molecule has 0 atom stereocenters. The van der Waals surface area contributed by atoms with E-state index >= 15 is 0 Å². The summed E-state index contributed by atoms with van der Waals surface area (Å²) in [4.78, 5) is 58.5. The van der Waals surface area contributed by atoms with E-state index in [1.165, 1.54) is 24.2 Å².